The van der Waals surface area contributed by atoms with E-state index in [0.717, 1.165) is 54.5 Å². The maximum absolute atomic E-state index is 11.5. The van der Waals surface area contributed by atoms with Crippen LogP contribution in [0.5, 0.6) is 0 Å². The van der Waals surface area contributed by atoms with E-state index >= 15 is 0 Å². The molecular formula is C20H20N8O2. The largest absolute Gasteiger partial charge is 0.367 e. The number of anilines is 2. The highest BCUT2D eigenvalue weighted by Crippen LogP contribution is 2.33. The molecule has 0 aliphatic carbocycles. The van der Waals surface area contributed by atoms with E-state index in [4.69, 9.17) is 0 Å². The standard InChI is InChI=1S/C20H20N8O2/c1-13-10-17(15-4-3-5-16(28(29)30)19(15)23-13)25-6-8-26(9-7-25)18-11-14(2)24-20-21-12-22-27(18)20/h3-5,10-12H,6-9H2,1-2H3. The quantitative estimate of drug-likeness (QED) is 0.379. The molecule has 1 aliphatic rings. The molecular weight excluding hydrogens is 384 g/mol. The molecule has 0 unspecified atom stereocenters. The second-order valence-corrected chi connectivity index (χ2v) is 7.41. The minimum Gasteiger partial charge on any atom is -0.367 e. The number of fused-ring (bicyclic) bond motifs is 2. The van der Waals surface area contributed by atoms with Crippen molar-refractivity contribution in [3.8, 4) is 0 Å². The topological polar surface area (TPSA) is 106 Å². The van der Waals surface area contributed by atoms with Gasteiger partial charge in [0.2, 0.25) is 0 Å². The van der Waals surface area contributed by atoms with Gasteiger partial charge in [-0.1, -0.05) is 12.1 Å². The number of pyridine rings is 1. The fraction of sp³-hybridized carbons (Fsp3) is 0.300. The van der Waals surface area contributed by atoms with Gasteiger partial charge < -0.3 is 9.80 Å². The van der Waals surface area contributed by atoms with E-state index in [1.165, 1.54) is 12.4 Å². The van der Waals surface area contributed by atoms with E-state index in [0.29, 0.717) is 11.3 Å². The van der Waals surface area contributed by atoms with Crippen molar-refractivity contribution in [1.29, 1.82) is 0 Å². The van der Waals surface area contributed by atoms with Crippen LogP contribution in [0.1, 0.15) is 11.4 Å². The monoisotopic (exact) mass is 404 g/mol. The van der Waals surface area contributed by atoms with E-state index in [1.807, 2.05) is 32.0 Å². The summed E-state index contributed by atoms with van der Waals surface area (Å²) >= 11 is 0. The first kappa shape index (κ1) is 18.2. The van der Waals surface area contributed by atoms with Crippen LogP contribution in [0.15, 0.2) is 36.7 Å². The third kappa shape index (κ3) is 2.97. The molecule has 4 heterocycles. The molecule has 1 saturated heterocycles. The zero-order valence-corrected chi connectivity index (χ0v) is 16.7. The Balaban J connectivity index is 1.47. The molecule has 10 nitrogen and oxygen atoms in total. The van der Waals surface area contributed by atoms with E-state index in [2.05, 4.69) is 29.9 Å². The fourth-order valence-corrected chi connectivity index (χ4v) is 4.06. The lowest BCUT2D eigenvalue weighted by molar-refractivity contribution is -0.383. The van der Waals surface area contributed by atoms with Gasteiger partial charge >= 0.3 is 0 Å². The number of para-hydroxylation sites is 1. The highest BCUT2D eigenvalue weighted by molar-refractivity contribution is 5.97. The summed E-state index contributed by atoms with van der Waals surface area (Å²) in [6.45, 7) is 6.95. The first-order valence-corrected chi connectivity index (χ1v) is 9.73. The third-order valence-electron chi connectivity index (χ3n) is 5.43. The van der Waals surface area contributed by atoms with Gasteiger partial charge in [0.05, 0.1) is 4.92 Å². The Morgan fingerprint density at radius 3 is 2.50 bits per heavy atom. The molecule has 0 atom stereocenters. The molecule has 4 aromatic rings. The number of nitro groups is 1. The van der Waals surface area contributed by atoms with Gasteiger partial charge in [-0.2, -0.15) is 14.6 Å². The molecule has 1 aliphatic heterocycles. The summed E-state index contributed by atoms with van der Waals surface area (Å²) < 4.78 is 1.76. The predicted octanol–water partition coefficient (Wildman–Crippen LogP) is 2.52. The zero-order chi connectivity index (χ0) is 20.8. The van der Waals surface area contributed by atoms with Crippen LogP contribution in [0.3, 0.4) is 0 Å². The number of piperazine rings is 1. The number of aryl methyl sites for hydroxylation is 2. The van der Waals surface area contributed by atoms with Crippen molar-refractivity contribution in [1.82, 2.24) is 24.6 Å². The second-order valence-electron chi connectivity index (χ2n) is 7.41. The minimum atomic E-state index is -0.369. The molecule has 0 amide bonds. The molecule has 0 spiro atoms. The number of hydrogen-bond donors (Lipinski definition) is 0. The van der Waals surface area contributed by atoms with Crippen molar-refractivity contribution in [3.05, 3.63) is 58.2 Å². The fourth-order valence-electron chi connectivity index (χ4n) is 4.06. The zero-order valence-electron chi connectivity index (χ0n) is 16.7. The average molecular weight is 404 g/mol. The van der Waals surface area contributed by atoms with Gasteiger partial charge in [-0.05, 0) is 19.9 Å². The van der Waals surface area contributed by atoms with Gasteiger partial charge in [0.15, 0.2) is 5.52 Å². The molecule has 30 heavy (non-hydrogen) atoms. The molecule has 152 valence electrons. The SMILES string of the molecule is Cc1cc(N2CCN(c3cc(C)nc4ncnn34)CC2)c2cccc([N+](=O)[O-])c2n1. The third-order valence-corrected chi connectivity index (χ3v) is 5.43. The Bertz CT molecular complexity index is 1280. The Hall–Kier alpha value is -3.82. The van der Waals surface area contributed by atoms with Crippen molar-refractivity contribution in [2.45, 2.75) is 13.8 Å². The summed E-state index contributed by atoms with van der Waals surface area (Å²) in [5.74, 6) is 1.57. The van der Waals surface area contributed by atoms with Gasteiger partial charge in [-0.25, -0.2) is 9.97 Å². The molecule has 0 bridgehead atoms. The molecule has 5 rings (SSSR count). The molecule has 1 aromatic carbocycles. The molecule has 0 N–H and O–H groups in total. The van der Waals surface area contributed by atoms with Gasteiger partial charge in [0, 0.05) is 60.8 Å². The first-order valence-electron chi connectivity index (χ1n) is 9.73. The van der Waals surface area contributed by atoms with Crippen LogP contribution in [-0.4, -0.2) is 55.7 Å². The smallest absolute Gasteiger partial charge is 0.295 e. The van der Waals surface area contributed by atoms with Crippen LogP contribution in [0.4, 0.5) is 17.2 Å². The summed E-state index contributed by atoms with van der Waals surface area (Å²) in [5.41, 5.74) is 3.13. The molecule has 3 aromatic heterocycles. The van der Waals surface area contributed by atoms with Crippen LogP contribution in [-0.2, 0) is 0 Å². The highest BCUT2D eigenvalue weighted by Gasteiger charge is 2.24. The number of aromatic nitrogens is 5. The van der Waals surface area contributed by atoms with E-state index < -0.39 is 0 Å². The van der Waals surface area contributed by atoms with Crippen LogP contribution in [0.25, 0.3) is 16.7 Å². The Labute approximate surface area is 171 Å². The van der Waals surface area contributed by atoms with Crippen LogP contribution in [0, 0.1) is 24.0 Å². The Morgan fingerprint density at radius 1 is 1.00 bits per heavy atom. The molecule has 0 saturated carbocycles. The molecule has 0 radical (unpaired) electrons. The lowest BCUT2D eigenvalue weighted by Crippen LogP contribution is -2.47. The van der Waals surface area contributed by atoms with E-state index in [1.54, 1.807) is 10.6 Å². The number of non-ortho nitro benzene ring substituents is 1. The van der Waals surface area contributed by atoms with Crippen molar-refractivity contribution in [3.63, 3.8) is 0 Å². The Kier molecular flexibility index (Phi) is 4.19. The number of hydrogen-bond acceptors (Lipinski definition) is 8. The van der Waals surface area contributed by atoms with Gasteiger partial charge in [-0.3, -0.25) is 10.1 Å². The summed E-state index contributed by atoms with van der Waals surface area (Å²) in [6.07, 6.45) is 1.51. The minimum absolute atomic E-state index is 0.0388. The summed E-state index contributed by atoms with van der Waals surface area (Å²) in [5, 5.41) is 16.6. The van der Waals surface area contributed by atoms with Gasteiger partial charge in [-0.15, -0.1) is 0 Å². The number of rotatable bonds is 3. The summed E-state index contributed by atoms with van der Waals surface area (Å²) in [4.78, 5) is 28.7. The number of nitrogens with zero attached hydrogens (tertiary/aromatic N) is 8. The predicted molar refractivity (Wildman–Crippen MR) is 113 cm³/mol. The van der Waals surface area contributed by atoms with Gasteiger partial charge in [0.1, 0.15) is 12.1 Å². The van der Waals surface area contributed by atoms with Crippen LogP contribution < -0.4 is 9.80 Å². The van der Waals surface area contributed by atoms with Crippen molar-refractivity contribution >= 4 is 33.9 Å². The first-order chi connectivity index (χ1) is 14.5. The van der Waals surface area contributed by atoms with Crippen molar-refractivity contribution < 1.29 is 4.92 Å². The lowest BCUT2D eigenvalue weighted by atomic mass is 10.1. The van der Waals surface area contributed by atoms with E-state index in [-0.39, 0.29) is 10.6 Å². The summed E-state index contributed by atoms with van der Waals surface area (Å²) in [7, 11) is 0. The summed E-state index contributed by atoms with van der Waals surface area (Å²) in [6, 6.07) is 9.16. The van der Waals surface area contributed by atoms with Crippen molar-refractivity contribution in [2.75, 3.05) is 36.0 Å². The van der Waals surface area contributed by atoms with Gasteiger partial charge in [0.25, 0.3) is 11.5 Å². The average Bonchev–Trinajstić information content (AvgIpc) is 3.20. The normalized spacial score (nSPS) is 14.6. The van der Waals surface area contributed by atoms with E-state index in [9.17, 15) is 10.1 Å². The maximum Gasteiger partial charge on any atom is 0.295 e. The lowest BCUT2D eigenvalue weighted by Gasteiger charge is -2.37. The van der Waals surface area contributed by atoms with Crippen LogP contribution in [0.2, 0.25) is 0 Å². The number of nitro benzene ring substituents is 1. The number of benzene rings is 1. The molecule has 10 heteroatoms. The van der Waals surface area contributed by atoms with Crippen molar-refractivity contribution in [2.24, 2.45) is 0 Å². The van der Waals surface area contributed by atoms with Crippen LogP contribution >= 0.6 is 0 Å². The maximum atomic E-state index is 11.5. The second kappa shape index (κ2) is 6.90. The Morgan fingerprint density at radius 2 is 1.73 bits per heavy atom. The molecule has 1 fully saturated rings. The highest BCUT2D eigenvalue weighted by atomic mass is 16.6.